The number of nitrogens with one attached hydrogen (secondary N) is 2. The second kappa shape index (κ2) is 9.00. The van der Waals surface area contributed by atoms with Gasteiger partial charge in [0.2, 0.25) is 0 Å². The summed E-state index contributed by atoms with van der Waals surface area (Å²) in [6.45, 7) is 14.5. The largest absolute Gasteiger partial charge is 0.356 e. The van der Waals surface area contributed by atoms with Crippen LogP contribution in [-0.4, -0.2) is 49.6 Å². The molecule has 1 saturated heterocycles. The van der Waals surface area contributed by atoms with Crippen LogP contribution in [0.15, 0.2) is 4.99 Å². The minimum atomic E-state index is 0. The first-order valence-corrected chi connectivity index (χ1v) is 7.15. The lowest BCUT2D eigenvalue weighted by atomic mass is 10.1. The van der Waals surface area contributed by atoms with Crippen molar-refractivity contribution in [2.24, 2.45) is 16.8 Å². The molecule has 114 valence electrons. The summed E-state index contributed by atoms with van der Waals surface area (Å²) in [6.07, 6.45) is 0. The Morgan fingerprint density at radius 3 is 2.32 bits per heavy atom. The molecule has 1 rings (SSSR count). The molecule has 19 heavy (non-hydrogen) atoms. The van der Waals surface area contributed by atoms with Gasteiger partial charge in [0.15, 0.2) is 5.96 Å². The number of hydrogen-bond donors (Lipinski definition) is 2. The van der Waals surface area contributed by atoms with E-state index in [1.807, 2.05) is 7.05 Å². The Morgan fingerprint density at radius 1 is 1.26 bits per heavy atom. The fraction of sp³-hybridized carbons (Fsp3) is 0.929. The Kier molecular flexibility index (Phi) is 8.98. The van der Waals surface area contributed by atoms with Gasteiger partial charge in [-0.05, 0) is 25.7 Å². The van der Waals surface area contributed by atoms with Gasteiger partial charge in [-0.3, -0.25) is 9.89 Å². The highest BCUT2D eigenvalue weighted by Crippen LogP contribution is 2.18. The molecule has 1 fully saturated rings. The number of rotatable bonds is 4. The molecule has 5 heteroatoms. The van der Waals surface area contributed by atoms with Crippen LogP contribution in [0.1, 0.15) is 34.6 Å². The third-order valence-electron chi connectivity index (χ3n) is 3.59. The van der Waals surface area contributed by atoms with Gasteiger partial charge in [0.05, 0.1) is 0 Å². The molecule has 0 bridgehead atoms. The molecule has 1 aliphatic rings. The van der Waals surface area contributed by atoms with E-state index >= 15 is 0 Å². The van der Waals surface area contributed by atoms with Crippen molar-refractivity contribution in [3.8, 4) is 0 Å². The quantitative estimate of drug-likeness (QED) is 0.445. The highest BCUT2D eigenvalue weighted by Gasteiger charge is 2.31. The number of likely N-dealkylation sites (tertiary alicyclic amines) is 1. The van der Waals surface area contributed by atoms with Crippen LogP contribution < -0.4 is 10.6 Å². The fourth-order valence-corrected chi connectivity index (χ4v) is 2.28. The van der Waals surface area contributed by atoms with E-state index in [0.29, 0.717) is 23.9 Å². The van der Waals surface area contributed by atoms with E-state index in [1.54, 1.807) is 0 Å². The zero-order chi connectivity index (χ0) is 13.7. The molecule has 4 nitrogen and oxygen atoms in total. The lowest BCUT2D eigenvalue weighted by Gasteiger charge is -2.22. The fourth-order valence-electron chi connectivity index (χ4n) is 2.28. The molecule has 1 heterocycles. The van der Waals surface area contributed by atoms with Crippen LogP contribution in [-0.2, 0) is 0 Å². The van der Waals surface area contributed by atoms with Crippen LogP contribution in [0.25, 0.3) is 0 Å². The third kappa shape index (κ3) is 6.29. The van der Waals surface area contributed by atoms with E-state index in [0.717, 1.165) is 19.0 Å². The Balaban J connectivity index is 0.00000324. The van der Waals surface area contributed by atoms with Crippen LogP contribution >= 0.6 is 24.0 Å². The average Bonchev–Trinajstić information content (AvgIpc) is 2.66. The van der Waals surface area contributed by atoms with Crippen LogP contribution in [0.2, 0.25) is 0 Å². The van der Waals surface area contributed by atoms with Crippen molar-refractivity contribution in [3.05, 3.63) is 0 Å². The first-order valence-electron chi connectivity index (χ1n) is 7.15. The molecule has 2 unspecified atom stereocenters. The van der Waals surface area contributed by atoms with Gasteiger partial charge >= 0.3 is 0 Å². The second-order valence-electron chi connectivity index (χ2n) is 6.12. The summed E-state index contributed by atoms with van der Waals surface area (Å²) < 4.78 is 0. The first-order chi connectivity index (χ1) is 8.43. The topological polar surface area (TPSA) is 39.7 Å². The monoisotopic (exact) mass is 382 g/mol. The maximum Gasteiger partial charge on any atom is 0.191 e. The summed E-state index contributed by atoms with van der Waals surface area (Å²) in [4.78, 5) is 6.83. The van der Waals surface area contributed by atoms with Crippen molar-refractivity contribution in [3.63, 3.8) is 0 Å². The zero-order valence-electron chi connectivity index (χ0n) is 13.2. The van der Waals surface area contributed by atoms with E-state index in [-0.39, 0.29) is 24.0 Å². The molecule has 0 aliphatic carbocycles. The molecule has 0 saturated carbocycles. The van der Waals surface area contributed by atoms with E-state index in [4.69, 9.17) is 0 Å². The van der Waals surface area contributed by atoms with Crippen LogP contribution in [0.5, 0.6) is 0 Å². The Labute approximate surface area is 135 Å². The Bertz CT molecular complexity index is 279. The Hall–Kier alpha value is -0.0400. The molecule has 1 aliphatic heterocycles. The molecule has 0 aromatic carbocycles. The van der Waals surface area contributed by atoms with Gasteiger partial charge in [-0.2, -0.15) is 0 Å². The van der Waals surface area contributed by atoms with Gasteiger partial charge < -0.3 is 10.6 Å². The normalized spacial score (nSPS) is 24.7. The third-order valence-corrected chi connectivity index (χ3v) is 3.59. The molecular formula is C14H31IN4. The summed E-state index contributed by atoms with van der Waals surface area (Å²) in [7, 11) is 1.84. The molecular weight excluding hydrogens is 351 g/mol. The van der Waals surface area contributed by atoms with Gasteiger partial charge in [-0.25, -0.2) is 0 Å². The van der Waals surface area contributed by atoms with Crippen molar-refractivity contribution in [1.82, 2.24) is 15.5 Å². The van der Waals surface area contributed by atoms with Crippen LogP contribution in [0, 0.1) is 11.8 Å². The number of hydrogen-bond acceptors (Lipinski definition) is 2. The van der Waals surface area contributed by atoms with Gasteiger partial charge in [0.1, 0.15) is 0 Å². The van der Waals surface area contributed by atoms with Crippen molar-refractivity contribution in [2.75, 3.05) is 26.7 Å². The molecule has 0 spiro atoms. The SMILES string of the molecule is CN=C(NCC(C)C)NC1CN(C(C)C)CC1C.I. The van der Waals surface area contributed by atoms with Crippen molar-refractivity contribution >= 4 is 29.9 Å². The highest BCUT2D eigenvalue weighted by molar-refractivity contribution is 14.0. The predicted molar refractivity (Wildman–Crippen MR) is 94.4 cm³/mol. The van der Waals surface area contributed by atoms with E-state index in [9.17, 15) is 0 Å². The summed E-state index contributed by atoms with van der Waals surface area (Å²) in [5.41, 5.74) is 0. The Morgan fingerprint density at radius 2 is 1.89 bits per heavy atom. The van der Waals surface area contributed by atoms with Crippen LogP contribution in [0.3, 0.4) is 0 Å². The van der Waals surface area contributed by atoms with Gasteiger partial charge in [-0.15, -0.1) is 24.0 Å². The van der Waals surface area contributed by atoms with Crippen LogP contribution in [0.4, 0.5) is 0 Å². The van der Waals surface area contributed by atoms with Gasteiger partial charge in [0.25, 0.3) is 0 Å². The number of guanidine groups is 1. The molecule has 0 aromatic heterocycles. The van der Waals surface area contributed by atoms with Crippen molar-refractivity contribution in [2.45, 2.75) is 46.7 Å². The van der Waals surface area contributed by atoms with Gasteiger partial charge in [0, 0.05) is 38.8 Å². The van der Waals surface area contributed by atoms with E-state index in [2.05, 4.69) is 55.1 Å². The maximum atomic E-state index is 4.30. The van der Waals surface area contributed by atoms with Gasteiger partial charge in [-0.1, -0.05) is 20.8 Å². The first kappa shape index (κ1) is 19.0. The minimum absolute atomic E-state index is 0. The molecule has 0 amide bonds. The lowest BCUT2D eigenvalue weighted by molar-refractivity contribution is 0.265. The molecule has 2 atom stereocenters. The standard InChI is InChI=1S/C14H30N4.HI/c1-10(2)7-16-14(15-6)17-13-9-18(11(3)4)8-12(13)5;/h10-13H,7-9H2,1-6H3,(H2,15,16,17);1H. The summed E-state index contributed by atoms with van der Waals surface area (Å²) in [5.74, 6) is 2.24. The second-order valence-corrected chi connectivity index (χ2v) is 6.12. The number of halogens is 1. The highest BCUT2D eigenvalue weighted by atomic mass is 127. The van der Waals surface area contributed by atoms with E-state index in [1.165, 1.54) is 6.54 Å². The lowest BCUT2D eigenvalue weighted by Crippen LogP contribution is -2.47. The van der Waals surface area contributed by atoms with Crippen molar-refractivity contribution in [1.29, 1.82) is 0 Å². The van der Waals surface area contributed by atoms with Crippen molar-refractivity contribution < 1.29 is 0 Å². The molecule has 2 N–H and O–H groups in total. The maximum absolute atomic E-state index is 4.30. The molecule has 0 aromatic rings. The minimum Gasteiger partial charge on any atom is -0.356 e. The van der Waals surface area contributed by atoms with E-state index < -0.39 is 0 Å². The zero-order valence-corrected chi connectivity index (χ0v) is 15.6. The molecule has 0 radical (unpaired) electrons. The predicted octanol–water partition coefficient (Wildman–Crippen LogP) is 2.15. The summed E-state index contributed by atoms with van der Waals surface area (Å²) in [5, 5.41) is 6.93. The number of nitrogens with zero attached hydrogens (tertiary/aromatic N) is 2. The summed E-state index contributed by atoms with van der Waals surface area (Å²) >= 11 is 0. The smallest absolute Gasteiger partial charge is 0.191 e. The average molecular weight is 382 g/mol. The number of aliphatic imine (C=N–C) groups is 1. The summed E-state index contributed by atoms with van der Waals surface area (Å²) in [6, 6.07) is 1.13.